The molecule has 2 aliphatic rings. The number of nitrogens with zero attached hydrogens (tertiary/aromatic N) is 3. The molecule has 166 valence electrons. The molecule has 3 aromatic rings. The van der Waals surface area contributed by atoms with Crippen molar-refractivity contribution in [1.82, 2.24) is 19.8 Å². The van der Waals surface area contributed by atoms with E-state index in [1.165, 1.54) is 6.42 Å². The summed E-state index contributed by atoms with van der Waals surface area (Å²) in [5, 5.41) is 3.83. The van der Waals surface area contributed by atoms with E-state index in [-0.39, 0.29) is 24.4 Å². The van der Waals surface area contributed by atoms with E-state index in [1.807, 2.05) is 54.0 Å². The van der Waals surface area contributed by atoms with Gasteiger partial charge in [0.1, 0.15) is 5.54 Å². The zero-order chi connectivity index (χ0) is 22.3. The number of carbonyl (C=O) groups excluding carboxylic acids is 2. The number of imidazole rings is 1. The lowest BCUT2D eigenvalue weighted by Gasteiger charge is -2.44. The van der Waals surface area contributed by atoms with Crippen LogP contribution in [-0.2, 0) is 17.9 Å². The van der Waals surface area contributed by atoms with Crippen molar-refractivity contribution < 1.29 is 9.59 Å². The molecule has 1 aromatic heterocycles. The fraction of sp³-hybridized carbons (Fsp3) is 0.400. The highest BCUT2D eigenvalue weighted by atomic mass is 35.5. The normalized spacial score (nSPS) is 21.6. The van der Waals surface area contributed by atoms with Crippen LogP contribution in [0.4, 0.5) is 0 Å². The van der Waals surface area contributed by atoms with E-state index in [0.29, 0.717) is 17.4 Å². The average Bonchev–Trinajstić information content (AvgIpc) is 3.17. The predicted octanol–water partition coefficient (Wildman–Crippen LogP) is 4.55. The van der Waals surface area contributed by atoms with Gasteiger partial charge < -0.3 is 14.8 Å². The van der Waals surface area contributed by atoms with E-state index in [4.69, 9.17) is 11.6 Å². The van der Waals surface area contributed by atoms with Gasteiger partial charge in [-0.05, 0) is 43.5 Å². The lowest BCUT2D eigenvalue weighted by Crippen LogP contribution is -2.64. The molecule has 1 N–H and O–H groups in total. The maximum Gasteiger partial charge on any atom is 0.291 e. The van der Waals surface area contributed by atoms with Gasteiger partial charge in [0.05, 0.1) is 17.6 Å². The summed E-state index contributed by atoms with van der Waals surface area (Å²) >= 11 is 6.42. The average molecular weight is 451 g/mol. The molecule has 5 rings (SSSR count). The number of para-hydroxylation sites is 2. The van der Waals surface area contributed by atoms with Crippen molar-refractivity contribution in [1.29, 1.82) is 0 Å². The van der Waals surface area contributed by atoms with Gasteiger partial charge in [-0.3, -0.25) is 9.59 Å². The lowest BCUT2D eigenvalue weighted by atomic mass is 9.91. The molecule has 0 radical (unpaired) electrons. The number of hydrogen-bond acceptors (Lipinski definition) is 3. The van der Waals surface area contributed by atoms with Gasteiger partial charge >= 0.3 is 0 Å². The second-order valence-electron chi connectivity index (χ2n) is 9.08. The zero-order valence-corrected chi connectivity index (χ0v) is 18.9. The minimum atomic E-state index is -1.07. The van der Waals surface area contributed by atoms with E-state index in [0.717, 1.165) is 42.3 Å². The fourth-order valence-corrected chi connectivity index (χ4v) is 5.16. The number of hydrogen-bond donors (Lipinski definition) is 1. The number of aromatic nitrogens is 2. The van der Waals surface area contributed by atoms with Gasteiger partial charge in [0.25, 0.3) is 5.91 Å². The second-order valence-corrected chi connectivity index (χ2v) is 9.48. The first-order valence-corrected chi connectivity index (χ1v) is 11.7. The van der Waals surface area contributed by atoms with Crippen LogP contribution in [0.25, 0.3) is 11.0 Å². The summed E-state index contributed by atoms with van der Waals surface area (Å²) in [6.45, 7) is 2.45. The number of carbonyl (C=O) groups is 2. The Kier molecular flexibility index (Phi) is 5.41. The summed E-state index contributed by atoms with van der Waals surface area (Å²) < 4.78 is 1.89. The molecule has 7 heteroatoms. The van der Waals surface area contributed by atoms with Gasteiger partial charge in [-0.15, -0.1) is 0 Å². The van der Waals surface area contributed by atoms with Crippen LogP contribution in [0.1, 0.15) is 55.2 Å². The number of halogens is 1. The van der Waals surface area contributed by atoms with Crippen LogP contribution in [0.3, 0.4) is 0 Å². The molecular weight excluding hydrogens is 424 g/mol. The molecule has 1 aliphatic carbocycles. The van der Waals surface area contributed by atoms with Crippen LogP contribution in [0.5, 0.6) is 0 Å². The third-order valence-corrected chi connectivity index (χ3v) is 7.24. The Balaban J connectivity index is 1.56. The molecule has 32 heavy (non-hydrogen) atoms. The first-order chi connectivity index (χ1) is 15.5. The molecule has 0 saturated heterocycles. The van der Waals surface area contributed by atoms with Gasteiger partial charge in [-0.25, -0.2) is 4.98 Å². The van der Waals surface area contributed by atoms with Crippen molar-refractivity contribution in [2.75, 3.05) is 0 Å². The van der Waals surface area contributed by atoms with Crippen molar-refractivity contribution in [2.45, 2.75) is 63.7 Å². The fourth-order valence-electron chi connectivity index (χ4n) is 4.96. The molecule has 2 aromatic carbocycles. The van der Waals surface area contributed by atoms with E-state index in [9.17, 15) is 9.59 Å². The standard InChI is InChI=1S/C25H27ClN4O2/c1-25(24(32)27-18-10-3-2-4-11-18)16-29-21-14-8-7-13-20(21)28-22(29)23(31)30(25)15-17-9-5-6-12-19(17)26/h5-9,12-14,18H,2-4,10-11,15-16H2,1H3,(H,27,32)/t25-/m1/s1. The highest BCUT2D eigenvalue weighted by molar-refractivity contribution is 6.31. The largest absolute Gasteiger partial charge is 0.351 e. The Bertz CT molecular complexity index is 1180. The monoisotopic (exact) mass is 450 g/mol. The minimum Gasteiger partial charge on any atom is -0.351 e. The Morgan fingerprint density at radius 2 is 1.84 bits per heavy atom. The van der Waals surface area contributed by atoms with Crippen LogP contribution in [-0.4, -0.2) is 37.8 Å². The first kappa shape index (κ1) is 21.0. The molecule has 2 amide bonds. The number of benzene rings is 2. The van der Waals surface area contributed by atoms with Crippen molar-refractivity contribution in [3.63, 3.8) is 0 Å². The number of fused-ring (bicyclic) bond motifs is 3. The molecular formula is C25H27ClN4O2. The van der Waals surface area contributed by atoms with E-state index >= 15 is 0 Å². The summed E-state index contributed by atoms with van der Waals surface area (Å²) in [4.78, 5) is 33.7. The van der Waals surface area contributed by atoms with Crippen LogP contribution in [0, 0.1) is 0 Å². The first-order valence-electron chi connectivity index (χ1n) is 11.3. The van der Waals surface area contributed by atoms with Crippen molar-refractivity contribution in [2.24, 2.45) is 0 Å². The molecule has 1 aliphatic heterocycles. The summed E-state index contributed by atoms with van der Waals surface area (Å²) in [5.74, 6) is -0.0110. The maximum atomic E-state index is 13.7. The number of rotatable bonds is 4. The number of amides is 2. The highest BCUT2D eigenvalue weighted by Gasteiger charge is 2.49. The molecule has 0 bridgehead atoms. The molecule has 1 atom stereocenters. The third-order valence-electron chi connectivity index (χ3n) is 6.87. The Morgan fingerprint density at radius 3 is 2.62 bits per heavy atom. The van der Waals surface area contributed by atoms with Crippen LogP contribution < -0.4 is 5.32 Å². The lowest BCUT2D eigenvalue weighted by molar-refractivity contribution is -0.134. The Labute approximate surface area is 192 Å². The smallest absolute Gasteiger partial charge is 0.291 e. The number of nitrogens with one attached hydrogen (secondary N) is 1. The highest BCUT2D eigenvalue weighted by Crippen LogP contribution is 2.33. The van der Waals surface area contributed by atoms with Gasteiger partial charge in [0, 0.05) is 17.6 Å². The van der Waals surface area contributed by atoms with E-state index in [2.05, 4.69) is 10.3 Å². The van der Waals surface area contributed by atoms with E-state index < -0.39 is 5.54 Å². The second kappa shape index (κ2) is 8.24. The van der Waals surface area contributed by atoms with Gasteiger partial charge in [-0.1, -0.05) is 61.2 Å². The molecule has 1 fully saturated rings. The minimum absolute atomic E-state index is 0.117. The van der Waals surface area contributed by atoms with Gasteiger partial charge in [-0.2, -0.15) is 0 Å². The third kappa shape index (κ3) is 3.56. The molecule has 0 spiro atoms. The topological polar surface area (TPSA) is 67.2 Å². The quantitative estimate of drug-likeness (QED) is 0.633. The maximum absolute atomic E-state index is 13.7. The summed E-state index contributed by atoms with van der Waals surface area (Å²) in [6.07, 6.45) is 5.44. The van der Waals surface area contributed by atoms with Crippen LogP contribution in [0.2, 0.25) is 5.02 Å². The van der Waals surface area contributed by atoms with Crippen LogP contribution >= 0.6 is 11.6 Å². The van der Waals surface area contributed by atoms with Crippen molar-refractivity contribution >= 4 is 34.4 Å². The summed E-state index contributed by atoms with van der Waals surface area (Å²) in [7, 11) is 0. The zero-order valence-electron chi connectivity index (χ0n) is 18.2. The molecule has 0 unspecified atom stereocenters. The van der Waals surface area contributed by atoms with Gasteiger partial charge in [0.15, 0.2) is 5.82 Å². The Morgan fingerprint density at radius 1 is 1.12 bits per heavy atom. The molecule has 2 heterocycles. The summed E-state index contributed by atoms with van der Waals surface area (Å²) in [6, 6.07) is 15.3. The predicted molar refractivity (Wildman–Crippen MR) is 124 cm³/mol. The van der Waals surface area contributed by atoms with Crippen LogP contribution in [0.15, 0.2) is 48.5 Å². The van der Waals surface area contributed by atoms with Crippen molar-refractivity contribution in [3.8, 4) is 0 Å². The summed E-state index contributed by atoms with van der Waals surface area (Å²) in [5.41, 5.74) is 1.36. The van der Waals surface area contributed by atoms with Gasteiger partial charge in [0.2, 0.25) is 5.91 Å². The molecule has 6 nitrogen and oxygen atoms in total. The SMILES string of the molecule is C[C@]1(C(=O)NC2CCCCC2)Cn2c(nc3ccccc32)C(=O)N1Cc1ccccc1Cl. The Hall–Kier alpha value is -2.86. The molecule has 1 saturated carbocycles. The van der Waals surface area contributed by atoms with E-state index in [1.54, 1.807) is 11.0 Å². The van der Waals surface area contributed by atoms with Crippen molar-refractivity contribution in [3.05, 3.63) is 64.9 Å².